The molecule has 4 heteroatoms. The second-order valence-corrected chi connectivity index (χ2v) is 6.73. The van der Waals surface area contributed by atoms with Crippen molar-refractivity contribution in [1.82, 2.24) is 0 Å². The maximum atomic E-state index is 12.8. The molecule has 1 heterocycles. The van der Waals surface area contributed by atoms with E-state index in [1.807, 2.05) is 38.1 Å². The molecule has 0 aromatic heterocycles. The van der Waals surface area contributed by atoms with Gasteiger partial charge in [0.15, 0.2) is 5.78 Å². The SMILES string of the molecule is CC(C)N1C(=O)/C(=C(\C#N)C(=O)C(C)(C)C)c2ccccc21. The van der Waals surface area contributed by atoms with Crippen LogP contribution in [-0.2, 0) is 9.59 Å². The molecule has 0 saturated heterocycles. The molecule has 1 aromatic rings. The normalized spacial score (nSPS) is 16.6. The fourth-order valence-corrected chi connectivity index (χ4v) is 2.59. The first-order valence-electron chi connectivity index (χ1n) is 7.32. The maximum absolute atomic E-state index is 12.8. The minimum atomic E-state index is -0.710. The van der Waals surface area contributed by atoms with E-state index in [0.29, 0.717) is 5.56 Å². The molecule has 4 nitrogen and oxygen atoms in total. The number of para-hydroxylation sites is 1. The van der Waals surface area contributed by atoms with Crippen LogP contribution in [0.1, 0.15) is 40.2 Å². The highest BCUT2D eigenvalue weighted by Gasteiger charge is 2.39. The maximum Gasteiger partial charge on any atom is 0.260 e. The summed E-state index contributed by atoms with van der Waals surface area (Å²) in [7, 11) is 0. The van der Waals surface area contributed by atoms with Gasteiger partial charge in [-0.15, -0.1) is 0 Å². The zero-order valence-electron chi connectivity index (χ0n) is 13.6. The Bertz CT molecular complexity index is 715. The number of hydrogen-bond donors (Lipinski definition) is 0. The van der Waals surface area contributed by atoms with E-state index in [1.165, 1.54) is 0 Å². The van der Waals surface area contributed by atoms with Crippen LogP contribution in [0.2, 0.25) is 0 Å². The second-order valence-electron chi connectivity index (χ2n) is 6.73. The summed E-state index contributed by atoms with van der Waals surface area (Å²) < 4.78 is 0. The number of allylic oxidation sites excluding steroid dienone is 1. The molecule has 0 spiro atoms. The molecular weight excluding hydrogens is 276 g/mol. The van der Waals surface area contributed by atoms with Crippen LogP contribution in [0, 0.1) is 16.7 Å². The van der Waals surface area contributed by atoms with Crippen LogP contribution in [0.15, 0.2) is 29.8 Å². The molecule has 0 bridgehead atoms. The average Bonchev–Trinajstić information content (AvgIpc) is 2.72. The van der Waals surface area contributed by atoms with Crippen molar-refractivity contribution in [2.75, 3.05) is 4.90 Å². The molecule has 0 saturated carbocycles. The zero-order valence-corrected chi connectivity index (χ0v) is 13.6. The molecule has 0 aliphatic carbocycles. The van der Waals surface area contributed by atoms with E-state index in [2.05, 4.69) is 0 Å². The Morgan fingerprint density at radius 3 is 2.32 bits per heavy atom. The van der Waals surface area contributed by atoms with Crippen LogP contribution in [0.4, 0.5) is 5.69 Å². The van der Waals surface area contributed by atoms with Crippen molar-refractivity contribution in [3.05, 3.63) is 35.4 Å². The molecule has 1 amide bonds. The molecule has 0 unspecified atom stereocenters. The fourth-order valence-electron chi connectivity index (χ4n) is 2.59. The van der Waals surface area contributed by atoms with Gasteiger partial charge in [0.25, 0.3) is 5.91 Å². The van der Waals surface area contributed by atoms with Crippen molar-refractivity contribution in [2.24, 2.45) is 5.41 Å². The van der Waals surface area contributed by atoms with E-state index in [0.717, 1.165) is 5.69 Å². The molecule has 114 valence electrons. The lowest BCUT2D eigenvalue weighted by Gasteiger charge is -2.21. The van der Waals surface area contributed by atoms with E-state index >= 15 is 0 Å². The highest BCUT2D eigenvalue weighted by atomic mass is 16.2. The molecule has 22 heavy (non-hydrogen) atoms. The summed E-state index contributed by atoms with van der Waals surface area (Å²) in [4.78, 5) is 27.0. The van der Waals surface area contributed by atoms with Gasteiger partial charge < -0.3 is 4.90 Å². The first kappa shape index (κ1) is 16.0. The van der Waals surface area contributed by atoms with Crippen LogP contribution in [0.5, 0.6) is 0 Å². The molecule has 1 aliphatic rings. The summed E-state index contributed by atoms with van der Waals surface area (Å²) in [5.74, 6) is -0.580. The molecule has 1 aromatic carbocycles. The zero-order chi connectivity index (χ0) is 16.7. The molecule has 2 rings (SSSR count). The van der Waals surface area contributed by atoms with Gasteiger partial charge in [-0.2, -0.15) is 5.26 Å². The number of fused-ring (bicyclic) bond motifs is 1. The molecule has 0 atom stereocenters. The van der Waals surface area contributed by atoms with Crippen molar-refractivity contribution in [3.8, 4) is 6.07 Å². The predicted molar refractivity (Wildman–Crippen MR) is 86.1 cm³/mol. The minimum Gasteiger partial charge on any atom is -0.305 e. The Kier molecular flexibility index (Phi) is 3.93. The topological polar surface area (TPSA) is 61.2 Å². The number of nitriles is 1. The largest absolute Gasteiger partial charge is 0.305 e. The summed E-state index contributed by atoms with van der Waals surface area (Å²) in [6.45, 7) is 9.07. The number of carbonyl (C=O) groups excluding carboxylic acids is 2. The van der Waals surface area contributed by atoms with Gasteiger partial charge >= 0.3 is 0 Å². The number of rotatable bonds is 2. The van der Waals surface area contributed by atoms with Gasteiger partial charge in [0, 0.05) is 17.0 Å². The van der Waals surface area contributed by atoms with E-state index < -0.39 is 5.41 Å². The minimum absolute atomic E-state index is 0.0455. The average molecular weight is 296 g/mol. The monoisotopic (exact) mass is 296 g/mol. The summed E-state index contributed by atoms with van der Waals surface area (Å²) >= 11 is 0. The molecular formula is C18H20N2O2. The Labute approximate surface area is 131 Å². The van der Waals surface area contributed by atoms with Gasteiger partial charge in [0.2, 0.25) is 0 Å². The third-order valence-corrected chi connectivity index (χ3v) is 3.65. The molecule has 0 radical (unpaired) electrons. The number of ketones is 1. The summed E-state index contributed by atoms with van der Waals surface area (Å²) in [5, 5.41) is 9.49. The van der Waals surface area contributed by atoms with Gasteiger partial charge in [-0.3, -0.25) is 9.59 Å². The number of amides is 1. The van der Waals surface area contributed by atoms with E-state index in [-0.39, 0.29) is 28.9 Å². The van der Waals surface area contributed by atoms with Crippen molar-refractivity contribution in [1.29, 1.82) is 5.26 Å². The van der Waals surface area contributed by atoms with Gasteiger partial charge in [-0.1, -0.05) is 39.0 Å². The van der Waals surface area contributed by atoms with Crippen molar-refractivity contribution < 1.29 is 9.59 Å². The molecule has 0 fully saturated rings. The van der Waals surface area contributed by atoms with Gasteiger partial charge in [-0.25, -0.2) is 0 Å². The highest BCUT2D eigenvalue weighted by molar-refractivity contribution is 6.37. The number of carbonyl (C=O) groups is 2. The number of benzene rings is 1. The molecule has 1 aliphatic heterocycles. The van der Waals surface area contributed by atoms with Gasteiger partial charge in [0.05, 0.1) is 11.3 Å². The number of nitrogens with zero attached hydrogens (tertiary/aromatic N) is 2. The predicted octanol–water partition coefficient (Wildman–Crippen LogP) is 3.33. The quantitative estimate of drug-likeness (QED) is 0.621. The van der Waals surface area contributed by atoms with Gasteiger partial charge in [-0.05, 0) is 19.9 Å². The first-order chi connectivity index (χ1) is 10.2. The van der Waals surface area contributed by atoms with E-state index in [1.54, 1.807) is 31.7 Å². The van der Waals surface area contributed by atoms with Crippen molar-refractivity contribution >= 4 is 23.0 Å². The second kappa shape index (κ2) is 5.42. The lowest BCUT2D eigenvalue weighted by molar-refractivity contribution is -0.122. The third-order valence-electron chi connectivity index (χ3n) is 3.65. The van der Waals surface area contributed by atoms with E-state index in [4.69, 9.17) is 0 Å². The summed E-state index contributed by atoms with van der Waals surface area (Å²) in [6.07, 6.45) is 0. The van der Waals surface area contributed by atoms with Crippen LogP contribution in [-0.4, -0.2) is 17.7 Å². The van der Waals surface area contributed by atoms with Crippen LogP contribution in [0.3, 0.4) is 0 Å². The van der Waals surface area contributed by atoms with E-state index in [9.17, 15) is 14.9 Å². The van der Waals surface area contributed by atoms with Crippen LogP contribution >= 0.6 is 0 Å². The standard InChI is InChI=1S/C18H20N2O2/c1-11(2)20-14-9-7-6-8-12(14)15(17(20)22)13(10-19)16(21)18(3,4)5/h6-9,11H,1-5H3/b15-13+. The Morgan fingerprint density at radius 1 is 1.23 bits per heavy atom. The smallest absolute Gasteiger partial charge is 0.260 e. The first-order valence-corrected chi connectivity index (χ1v) is 7.32. The number of anilines is 1. The van der Waals surface area contributed by atoms with Crippen LogP contribution < -0.4 is 4.90 Å². The third kappa shape index (κ3) is 2.43. The number of Topliss-reactive ketones (excluding diaryl/α,β-unsaturated/α-hetero) is 1. The Hall–Kier alpha value is -2.41. The number of hydrogen-bond acceptors (Lipinski definition) is 3. The summed E-state index contributed by atoms with van der Waals surface area (Å²) in [6, 6.07) is 9.21. The Balaban J connectivity index is 2.75. The fraction of sp³-hybridized carbons (Fsp3) is 0.389. The lowest BCUT2D eigenvalue weighted by atomic mass is 9.84. The lowest BCUT2D eigenvalue weighted by Crippen LogP contribution is -2.34. The van der Waals surface area contributed by atoms with Crippen molar-refractivity contribution in [2.45, 2.75) is 40.7 Å². The Morgan fingerprint density at radius 2 is 1.82 bits per heavy atom. The van der Waals surface area contributed by atoms with Gasteiger partial charge in [0.1, 0.15) is 11.6 Å². The summed E-state index contributed by atoms with van der Waals surface area (Å²) in [5.41, 5.74) is 0.889. The van der Waals surface area contributed by atoms with Crippen molar-refractivity contribution in [3.63, 3.8) is 0 Å². The van der Waals surface area contributed by atoms with Crippen LogP contribution in [0.25, 0.3) is 5.57 Å². The molecule has 0 N–H and O–H groups in total. The highest BCUT2D eigenvalue weighted by Crippen LogP contribution is 2.40.